The molecule has 0 radical (unpaired) electrons. The molecule has 0 saturated heterocycles. The van der Waals surface area contributed by atoms with Crippen LogP contribution in [0.4, 0.5) is 10.3 Å². The molecule has 3 aromatic rings. The molecule has 0 aliphatic heterocycles. The summed E-state index contributed by atoms with van der Waals surface area (Å²) in [5.74, 6) is 0.151. The smallest absolute Gasteiger partial charge is 0.226 e. The molecule has 3 rings (SSSR count). The summed E-state index contributed by atoms with van der Waals surface area (Å²) in [5.41, 5.74) is 1.44. The number of hydrogen-bond acceptors (Lipinski definition) is 5. The maximum atomic E-state index is 13.5. The molecule has 0 aliphatic rings. The van der Waals surface area contributed by atoms with E-state index >= 15 is 0 Å². The van der Waals surface area contributed by atoms with Crippen LogP contribution in [0.5, 0.6) is 5.88 Å². The van der Waals surface area contributed by atoms with Gasteiger partial charge in [0.25, 0.3) is 0 Å². The highest BCUT2D eigenvalue weighted by atomic mass is 35.5. The fourth-order valence-corrected chi connectivity index (χ4v) is 2.38. The van der Waals surface area contributed by atoms with Gasteiger partial charge in [0, 0.05) is 18.8 Å². The Hall–Kier alpha value is -2.70. The third-order valence-electron chi connectivity index (χ3n) is 3.64. The van der Waals surface area contributed by atoms with Crippen molar-refractivity contribution in [1.82, 2.24) is 9.97 Å². The number of benzene rings is 2. The zero-order valence-corrected chi connectivity index (χ0v) is 14.5. The maximum absolute atomic E-state index is 13.5. The molecule has 1 atom stereocenters. The second-order valence-electron chi connectivity index (χ2n) is 5.56. The van der Waals surface area contributed by atoms with Crippen molar-refractivity contribution in [2.75, 3.05) is 11.9 Å². The average molecular weight is 374 g/mol. The van der Waals surface area contributed by atoms with E-state index in [1.165, 1.54) is 12.1 Å². The number of nitrogens with one attached hydrogen (secondary N) is 1. The first-order valence-corrected chi connectivity index (χ1v) is 8.36. The van der Waals surface area contributed by atoms with Crippen LogP contribution < -0.4 is 10.1 Å². The first-order chi connectivity index (χ1) is 12.6. The minimum atomic E-state index is -0.931. The van der Waals surface area contributed by atoms with Gasteiger partial charge >= 0.3 is 0 Å². The van der Waals surface area contributed by atoms with E-state index in [1.54, 1.807) is 18.3 Å². The van der Waals surface area contributed by atoms with Gasteiger partial charge in [0.05, 0.1) is 11.1 Å². The van der Waals surface area contributed by atoms with Crippen molar-refractivity contribution >= 4 is 17.5 Å². The fraction of sp³-hybridized carbons (Fsp3) is 0.158. The summed E-state index contributed by atoms with van der Waals surface area (Å²) in [4.78, 5) is 8.32. The summed E-state index contributed by atoms with van der Waals surface area (Å²) in [6.07, 6.45) is 0.628. The van der Waals surface area contributed by atoms with E-state index in [2.05, 4.69) is 15.3 Å². The number of nitrogens with zero attached hydrogens (tertiary/aromatic N) is 2. The Labute approximate surface area is 155 Å². The molecular weight excluding hydrogens is 357 g/mol. The summed E-state index contributed by atoms with van der Waals surface area (Å²) in [7, 11) is 0. The number of anilines is 1. The Morgan fingerprint density at radius 1 is 1.15 bits per heavy atom. The quantitative estimate of drug-likeness (QED) is 0.655. The number of rotatable bonds is 7. The standard InChI is InChI=1S/C19H17ClFN3O2/c20-15-7-6-14(10-16(15)21)17(25)11-23-19-22-9-8-18(24-19)26-12-13-4-2-1-3-5-13/h1-10,17,25H,11-12H2,(H,22,23,24). The van der Waals surface area contributed by atoms with E-state index in [4.69, 9.17) is 16.3 Å². The molecule has 0 spiro atoms. The van der Waals surface area contributed by atoms with Gasteiger partial charge in [-0.15, -0.1) is 0 Å². The average Bonchev–Trinajstić information content (AvgIpc) is 2.68. The van der Waals surface area contributed by atoms with Gasteiger partial charge < -0.3 is 15.2 Å². The summed E-state index contributed by atoms with van der Waals surface area (Å²) in [6.45, 7) is 0.507. The van der Waals surface area contributed by atoms with Crippen LogP contribution in [0, 0.1) is 5.82 Å². The SMILES string of the molecule is OC(CNc1nccc(OCc2ccccc2)n1)c1ccc(Cl)c(F)c1. The Balaban J connectivity index is 1.57. The molecule has 1 aromatic heterocycles. The third-order valence-corrected chi connectivity index (χ3v) is 3.95. The minimum Gasteiger partial charge on any atom is -0.473 e. The van der Waals surface area contributed by atoms with Crippen LogP contribution in [0.15, 0.2) is 60.8 Å². The van der Waals surface area contributed by atoms with Gasteiger partial charge in [0.1, 0.15) is 12.4 Å². The molecule has 134 valence electrons. The van der Waals surface area contributed by atoms with Crippen molar-refractivity contribution in [3.63, 3.8) is 0 Å². The topological polar surface area (TPSA) is 67.3 Å². The second kappa shape index (κ2) is 8.60. The summed E-state index contributed by atoms with van der Waals surface area (Å²) < 4.78 is 19.1. The van der Waals surface area contributed by atoms with E-state index in [-0.39, 0.29) is 11.6 Å². The highest BCUT2D eigenvalue weighted by Gasteiger charge is 2.11. The van der Waals surface area contributed by atoms with E-state index in [1.807, 2.05) is 30.3 Å². The van der Waals surface area contributed by atoms with Crippen LogP contribution in [0.1, 0.15) is 17.2 Å². The van der Waals surface area contributed by atoms with E-state index in [0.717, 1.165) is 5.56 Å². The van der Waals surface area contributed by atoms with E-state index in [0.29, 0.717) is 24.0 Å². The largest absolute Gasteiger partial charge is 0.473 e. The van der Waals surface area contributed by atoms with Crippen LogP contribution in [-0.4, -0.2) is 21.6 Å². The first-order valence-electron chi connectivity index (χ1n) is 7.98. The molecule has 2 N–H and O–H groups in total. The lowest BCUT2D eigenvalue weighted by molar-refractivity contribution is 0.191. The molecule has 0 saturated carbocycles. The molecule has 0 amide bonds. The number of hydrogen-bond donors (Lipinski definition) is 2. The first kappa shape index (κ1) is 18.1. The van der Waals surface area contributed by atoms with E-state index in [9.17, 15) is 9.50 Å². The zero-order valence-electron chi connectivity index (χ0n) is 13.8. The summed E-state index contributed by atoms with van der Waals surface area (Å²) in [6, 6.07) is 15.6. The Morgan fingerprint density at radius 3 is 2.73 bits per heavy atom. The highest BCUT2D eigenvalue weighted by Crippen LogP contribution is 2.20. The molecule has 0 fully saturated rings. The Bertz CT molecular complexity index is 864. The normalized spacial score (nSPS) is 11.8. The highest BCUT2D eigenvalue weighted by molar-refractivity contribution is 6.30. The lowest BCUT2D eigenvalue weighted by Gasteiger charge is -2.13. The van der Waals surface area contributed by atoms with Crippen molar-refractivity contribution < 1.29 is 14.2 Å². The molecule has 26 heavy (non-hydrogen) atoms. The molecule has 1 unspecified atom stereocenters. The molecule has 2 aromatic carbocycles. The predicted molar refractivity (Wildman–Crippen MR) is 97.7 cm³/mol. The Morgan fingerprint density at radius 2 is 1.96 bits per heavy atom. The lowest BCUT2D eigenvalue weighted by Crippen LogP contribution is -2.14. The number of ether oxygens (including phenoxy) is 1. The van der Waals surface area contributed by atoms with Crippen molar-refractivity contribution in [2.45, 2.75) is 12.7 Å². The van der Waals surface area contributed by atoms with Crippen molar-refractivity contribution in [3.8, 4) is 5.88 Å². The molecule has 7 heteroatoms. The lowest BCUT2D eigenvalue weighted by atomic mass is 10.1. The van der Waals surface area contributed by atoms with Crippen molar-refractivity contribution in [3.05, 3.63) is 82.8 Å². The molecule has 0 bridgehead atoms. The molecule has 1 heterocycles. The predicted octanol–water partition coefficient (Wildman–Crippen LogP) is 3.99. The number of aromatic nitrogens is 2. The van der Waals surface area contributed by atoms with E-state index < -0.39 is 11.9 Å². The fourth-order valence-electron chi connectivity index (χ4n) is 2.26. The van der Waals surface area contributed by atoms with Gasteiger partial charge in [-0.3, -0.25) is 0 Å². The molecular formula is C19H17ClFN3O2. The maximum Gasteiger partial charge on any atom is 0.226 e. The van der Waals surface area contributed by atoms with Crippen LogP contribution >= 0.6 is 11.6 Å². The minimum absolute atomic E-state index is 0.0144. The van der Waals surface area contributed by atoms with Crippen LogP contribution in [0.2, 0.25) is 5.02 Å². The van der Waals surface area contributed by atoms with Gasteiger partial charge in [0.15, 0.2) is 0 Å². The van der Waals surface area contributed by atoms with Gasteiger partial charge in [-0.05, 0) is 23.3 Å². The third kappa shape index (κ3) is 4.91. The van der Waals surface area contributed by atoms with Crippen LogP contribution in [0.3, 0.4) is 0 Å². The van der Waals surface area contributed by atoms with Gasteiger partial charge in [0.2, 0.25) is 11.8 Å². The molecule has 0 aliphatic carbocycles. The van der Waals surface area contributed by atoms with Crippen LogP contribution in [0.25, 0.3) is 0 Å². The van der Waals surface area contributed by atoms with Crippen molar-refractivity contribution in [1.29, 1.82) is 0 Å². The van der Waals surface area contributed by atoms with Gasteiger partial charge in [-0.2, -0.15) is 4.98 Å². The number of aliphatic hydroxyl groups is 1. The van der Waals surface area contributed by atoms with Gasteiger partial charge in [-0.25, -0.2) is 9.37 Å². The monoisotopic (exact) mass is 373 g/mol. The summed E-state index contributed by atoms with van der Waals surface area (Å²) in [5, 5.41) is 13.1. The summed E-state index contributed by atoms with van der Waals surface area (Å²) >= 11 is 5.64. The van der Waals surface area contributed by atoms with Gasteiger partial charge in [-0.1, -0.05) is 48.0 Å². The Kier molecular flexibility index (Phi) is 5.99. The second-order valence-corrected chi connectivity index (χ2v) is 5.97. The van der Waals surface area contributed by atoms with Crippen LogP contribution in [-0.2, 0) is 6.61 Å². The zero-order chi connectivity index (χ0) is 18.4. The van der Waals surface area contributed by atoms with Crippen molar-refractivity contribution in [2.24, 2.45) is 0 Å². The molecule has 5 nitrogen and oxygen atoms in total. The number of aliphatic hydroxyl groups excluding tert-OH is 1. The number of halogens is 2.